The molecule has 2 aromatic heterocycles. The van der Waals surface area contributed by atoms with Crippen molar-refractivity contribution in [3.05, 3.63) is 23.6 Å². The van der Waals surface area contributed by atoms with Crippen molar-refractivity contribution in [2.45, 2.75) is 6.92 Å². The molecule has 0 saturated carbocycles. The molecular weight excluding hydrogens is 256 g/mol. The van der Waals surface area contributed by atoms with Gasteiger partial charge in [0.1, 0.15) is 0 Å². The van der Waals surface area contributed by atoms with Crippen LogP contribution in [0.25, 0.3) is 11.4 Å². The van der Waals surface area contributed by atoms with Crippen LogP contribution in [0.15, 0.2) is 18.3 Å². The van der Waals surface area contributed by atoms with Gasteiger partial charge in [-0.05, 0) is 24.6 Å². The molecule has 2 heterocycles. The molecule has 94 valence electrons. The lowest BCUT2D eigenvalue weighted by Crippen LogP contribution is -2.01. The van der Waals surface area contributed by atoms with Crippen molar-refractivity contribution >= 4 is 11.6 Å². The van der Waals surface area contributed by atoms with Gasteiger partial charge in [-0.1, -0.05) is 0 Å². The molecule has 0 N–H and O–H groups in total. The van der Waals surface area contributed by atoms with Crippen molar-refractivity contribution < 1.29 is 9.47 Å². The number of hydrogen-bond donors (Lipinski definition) is 0. The summed E-state index contributed by atoms with van der Waals surface area (Å²) < 4.78 is 10.2. The molecule has 0 saturated heterocycles. The number of hydrogen-bond acceptors (Lipinski definition) is 6. The van der Waals surface area contributed by atoms with E-state index in [-0.39, 0.29) is 11.3 Å². The van der Waals surface area contributed by atoms with Crippen LogP contribution in [0.4, 0.5) is 0 Å². The minimum Gasteiger partial charge on any atom is -0.481 e. The summed E-state index contributed by atoms with van der Waals surface area (Å²) in [6.07, 6.45) is 1.60. The van der Waals surface area contributed by atoms with Gasteiger partial charge >= 0.3 is 6.01 Å². The summed E-state index contributed by atoms with van der Waals surface area (Å²) in [6.45, 7) is 2.30. The van der Waals surface area contributed by atoms with Gasteiger partial charge < -0.3 is 9.47 Å². The van der Waals surface area contributed by atoms with E-state index < -0.39 is 0 Å². The monoisotopic (exact) mass is 266 g/mol. The third kappa shape index (κ3) is 2.84. The van der Waals surface area contributed by atoms with Crippen LogP contribution < -0.4 is 9.47 Å². The van der Waals surface area contributed by atoms with Crippen molar-refractivity contribution in [2.75, 3.05) is 13.7 Å². The first-order valence-corrected chi connectivity index (χ1v) is 5.65. The first-order valence-electron chi connectivity index (χ1n) is 5.27. The maximum atomic E-state index is 5.82. The van der Waals surface area contributed by atoms with E-state index in [0.29, 0.717) is 18.3 Å². The number of halogens is 1. The van der Waals surface area contributed by atoms with Crippen molar-refractivity contribution in [3.8, 4) is 23.3 Å². The normalized spacial score (nSPS) is 10.2. The SMILES string of the molecule is CCOc1nc(Cl)nc(-c2ccnc(OC)c2)n1. The van der Waals surface area contributed by atoms with E-state index in [1.807, 2.05) is 6.92 Å². The van der Waals surface area contributed by atoms with Gasteiger partial charge in [0.2, 0.25) is 11.2 Å². The van der Waals surface area contributed by atoms with E-state index in [2.05, 4.69) is 19.9 Å². The second-order valence-corrected chi connectivity index (χ2v) is 3.57. The van der Waals surface area contributed by atoms with Crippen LogP contribution in [0.1, 0.15) is 6.92 Å². The third-order valence-electron chi connectivity index (χ3n) is 2.06. The Kier molecular flexibility index (Phi) is 3.88. The molecule has 6 nitrogen and oxygen atoms in total. The minimum absolute atomic E-state index is 0.0826. The van der Waals surface area contributed by atoms with E-state index in [1.165, 1.54) is 7.11 Å². The fourth-order valence-electron chi connectivity index (χ4n) is 1.31. The summed E-state index contributed by atoms with van der Waals surface area (Å²) in [4.78, 5) is 16.1. The van der Waals surface area contributed by atoms with E-state index in [0.717, 1.165) is 5.56 Å². The van der Waals surface area contributed by atoms with E-state index in [9.17, 15) is 0 Å². The highest BCUT2D eigenvalue weighted by Gasteiger charge is 2.09. The zero-order valence-corrected chi connectivity index (χ0v) is 10.7. The predicted octanol–water partition coefficient (Wildman–Crippen LogP) is 1.99. The molecule has 18 heavy (non-hydrogen) atoms. The second-order valence-electron chi connectivity index (χ2n) is 3.23. The van der Waals surface area contributed by atoms with Crippen LogP contribution in [0.3, 0.4) is 0 Å². The summed E-state index contributed by atoms with van der Waals surface area (Å²) >= 11 is 5.82. The van der Waals surface area contributed by atoms with Crippen LogP contribution in [-0.2, 0) is 0 Å². The molecular formula is C11H11ClN4O2. The Morgan fingerprint density at radius 1 is 1.28 bits per heavy atom. The van der Waals surface area contributed by atoms with Gasteiger partial charge in [-0.2, -0.15) is 15.0 Å². The van der Waals surface area contributed by atoms with Gasteiger partial charge in [-0.15, -0.1) is 0 Å². The van der Waals surface area contributed by atoms with Crippen LogP contribution in [0.2, 0.25) is 5.28 Å². The molecule has 2 aromatic rings. The predicted molar refractivity (Wildman–Crippen MR) is 65.8 cm³/mol. The molecule has 0 fully saturated rings. The molecule has 0 amide bonds. The summed E-state index contributed by atoms with van der Waals surface area (Å²) in [5.74, 6) is 0.890. The Hall–Kier alpha value is -1.95. The Labute approximate surface area is 109 Å². The molecule has 0 aliphatic rings. The van der Waals surface area contributed by atoms with Gasteiger partial charge in [-0.25, -0.2) is 4.98 Å². The highest BCUT2D eigenvalue weighted by Crippen LogP contribution is 2.21. The lowest BCUT2D eigenvalue weighted by atomic mass is 10.2. The number of pyridine rings is 1. The third-order valence-corrected chi connectivity index (χ3v) is 2.23. The van der Waals surface area contributed by atoms with Crippen molar-refractivity contribution in [1.82, 2.24) is 19.9 Å². The Balaban J connectivity index is 2.42. The highest BCUT2D eigenvalue weighted by molar-refractivity contribution is 6.28. The Morgan fingerprint density at radius 3 is 2.83 bits per heavy atom. The summed E-state index contributed by atoms with van der Waals surface area (Å²) in [5.41, 5.74) is 0.729. The van der Waals surface area contributed by atoms with Crippen LogP contribution in [0.5, 0.6) is 11.9 Å². The van der Waals surface area contributed by atoms with Crippen LogP contribution in [-0.4, -0.2) is 33.7 Å². The first-order chi connectivity index (χ1) is 8.72. The molecule has 0 aliphatic heterocycles. The van der Waals surface area contributed by atoms with Gasteiger partial charge in [0, 0.05) is 17.8 Å². The average molecular weight is 267 g/mol. The van der Waals surface area contributed by atoms with Gasteiger partial charge in [-0.3, -0.25) is 0 Å². The molecule has 0 atom stereocenters. The first kappa shape index (κ1) is 12.5. The van der Waals surface area contributed by atoms with E-state index in [1.54, 1.807) is 18.3 Å². The van der Waals surface area contributed by atoms with E-state index >= 15 is 0 Å². The Morgan fingerprint density at radius 2 is 2.11 bits per heavy atom. The molecule has 0 spiro atoms. The summed E-state index contributed by atoms with van der Waals surface area (Å²) in [6, 6.07) is 3.66. The number of nitrogens with zero attached hydrogens (tertiary/aromatic N) is 4. The van der Waals surface area contributed by atoms with Crippen LogP contribution >= 0.6 is 11.6 Å². The van der Waals surface area contributed by atoms with E-state index in [4.69, 9.17) is 21.1 Å². The molecule has 0 unspecified atom stereocenters. The molecule has 0 radical (unpaired) electrons. The van der Waals surface area contributed by atoms with Crippen molar-refractivity contribution in [1.29, 1.82) is 0 Å². The summed E-state index contributed by atoms with van der Waals surface area (Å²) in [7, 11) is 1.54. The number of methoxy groups -OCH3 is 1. The zero-order chi connectivity index (χ0) is 13.0. The minimum atomic E-state index is 0.0826. The van der Waals surface area contributed by atoms with Crippen molar-refractivity contribution in [3.63, 3.8) is 0 Å². The zero-order valence-electron chi connectivity index (χ0n) is 9.92. The quantitative estimate of drug-likeness (QED) is 0.843. The number of rotatable bonds is 4. The lowest BCUT2D eigenvalue weighted by molar-refractivity contribution is 0.312. The molecule has 0 bridgehead atoms. The highest BCUT2D eigenvalue weighted by atomic mass is 35.5. The fourth-order valence-corrected chi connectivity index (χ4v) is 1.47. The number of ether oxygens (including phenoxy) is 2. The molecule has 0 aromatic carbocycles. The number of aromatic nitrogens is 4. The lowest BCUT2D eigenvalue weighted by Gasteiger charge is -2.05. The van der Waals surface area contributed by atoms with Crippen molar-refractivity contribution in [2.24, 2.45) is 0 Å². The molecule has 2 rings (SSSR count). The topological polar surface area (TPSA) is 70.0 Å². The maximum Gasteiger partial charge on any atom is 0.321 e. The average Bonchev–Trinajstić information content (AvgIpc) is 2.38. The smallest absolute Gasteiger partial charge is 0.321 e. The maximum absolute atomic E-state index is 5.82. The van der Waals surface area contributed by atoms with Gasteiger partial charge in [0.25, 0.3) is 0 Å². The fraction of sp³-hybridized carbons (Fsp3) is 0.273. The van der Waals surface area contributed by atoms with Crippen LogP contribution in [0, 0.1) is 0 Å². The molecule has 0 aliphatic carbocycles. The summed E-state index contributed by atoms with van der Waals surface area (Å²) in [5, 5.41) is 0.0826. The largest absolute Gasteiger partial charge is 0.481 e. The molecule has 7 heteroatoms. The standard InChI is InChI=1S/C11H11ClN4O2/c1-3-18-11-15-9(14-10(12)16-11)7-4-5-13-8(6-7)17-2/h4-6H,3H2,1-2H3. The Bertz CT molecular complexity index is 550. The second kappa shape index (κ2) is 5.59. The van der Waals surface area contributed by atoms with Gasteiger partial charge in [0.05, 0.1) is 13.7 Å². The van der Waals surface area contributed by atoms with Gasteiger partial charge in [0.15, 0.2) is 5.82 Å².